The van der Waals surface area contributed by atoms with Crippen LogP contribution in [0.1, 0.15) is 16.2 Å². The van der Waals surface area contributed by atoms with Crippen LogP contribution in [0.2, 0.25) is 0 Å². The summed E-state index contributed by atoms with van der Waals surface area (Å²) in [5.41, 5.74) is 2.23. The summed E-state index contributed by atoms with van der Waals surface area (Å²) < 4.78 is 28.4. The van der Waals surface area contributed by atoms with E-state index in [1.165, 1.54) is 30.3 Å². The van der Waals surface area contributed by atoms with Crippen LogP contribution >= 0.6 is 0 Å². The van der Waals surface area contributed by atoms with Gasteiger partial charge >= 0.3 is 0 Å². The first kappa shape index (κ1) is 18.8. The highest BCUT2D eigenvalue weighted by Gasteiger charge is 2.14. The van der Waals surface area contributed by atoms with Crippen LogP contribution in [0.15, 0.2) is 66.1 Å². The van der Waals surface area contributed by atoms with Crippen molar-refractivity contribution in [3.05, 3.63) is 72.6 Å². The predicted molar refractivity (Wildman–Crippen MR) is 104 cm³/mol. The average molecular weight is 384 g/mol. The van der Waals surface area contributed by atoms with Crippen LogP contribution < -0.4 is 10.0 Å². The Kier molecular flexibility index (Phi) is 5.38. The number of sulfonamides is 1. The maximum atomic E-state index is 12.4. The Morgan fingerprint density at radius 3 is 2.56 bits per heavy atom. The van der Waals surface area contributed by atoms with Crippen molar-refractivity contribution >= 4 is 27.0 Å². The van der Waals surface area contributed by atoms with Gasteiger partial charge in [0.05, 0.1) is 22.5 Å². The Labute approximate surface area is 157 Å². The number of nitrogens with one attached hydrogen (secondary N) is 2. The fourth-order valence-electron chi connectivity index (χ4n) is 2.65. The number of carbonyl (C=O) groups is 1. The van der Waals surface area contributed by atoms with Crippen molar-refractivity contribution in [2.45, 2.75) is 11.4 Å². The SMILES string of the molecule is C=CCNS(=O)(=O)c1ccc(C(=O)NCc2nc3ccccc3n2C)cc1. The number of rotatable bonds is 7. The maximum absolute atomic E-state index is 12.4. The highest BCUT2D eigenvalue weighted by Crippen LogP contribution is 2.14. The Morgan fingerprint density at radius 1 is 1.19 bits per heavy atom. The van der Waals surface area contributed by atoms with Crippen molar-refractivity contribution in [1.82, 2.24) is 19.6 Å². The second kappa shape index (κ2) is 7.73. The van der Waals surface area contributed by atoms with E-state index in [4.69, 9.17) is 0 Å². The number of para-hydroxylation sites is 2. The van der Waals surface area contributed by atoms with E-state index in [0.717, 1.165) is 16.9 Å². The normalized spacial score (nSPS) is 11.4. The number of nitrogens with zero attached hydrogens (tertiary/aromatic N) is 2. The molecule has 2 aromatic carbocycles. The first-order valence-electron chi connectivity index (χ1n) is 8.31. The number of hydrogen-bond acceptors (Lipinski definition) is 4. The molecule has 0 bridgehead atoms. The van der Waals surface area contributed by atoms with Crippen molar-refractivity contribution < 1.29 is 13.2 Å². The number of fused-ring (bicyclic) bond motifs is 1. The minimum absolute atomic E-state index is 0.0938. The zero-order valence-electron chi connectivity index (χ0n) is 14.8. The van der Waals surface area contributed by atoms with Crippen LogP contribution in [-0.2, 0) is 23.6 Å². The van der Waals surface area contributed by atoms with Gasteiger partial charge in [-0.2, -0.15) is 0 Å². The monoisotopic (exact) mass is 384 g/mol. The molecule has 0 saturated heterocycles. The van der Waals surface area contributed by atoms with E-state index < -0.39 is 10.0 Å². The summed E-state index contributed by atoms with van der Waals surface area (Å²) >= 11 is 0. The smallest absolute Gasteiger partial charge is 0.251 e. The number of hydrogen-bond donors (Lipinski definition) is 2. The summed E-state index contributed by atoms with van der Waals surface area (Å²) in [5, 5.41) is 2.81. The average Bonchev–Trinajstić information content (AvgIpc) is 3.00. The molecule has 1 amide bonds. The molecule has 3 aromatic rings. The molecule has 0 radical (unpaired) electrons. The molecule has 27 heavy (non-hydrogen) atoms. The molecule has 2 N–H and O–H groups in total. The fraction of sp³-hybridized carbons (Fsp3) is 0.158. The van der Waals surface area contributed by atoms with Crippen LogP contribution in [0.4, 0.5) is 0 Å². The Hall–Kier alpha value is -2.97. The maximum Gasteiger partial charge on any atom is 0.251 e. The van der Waals surface area contributed by atoms with Crippen LogP contribution in [0.5, 0.6) is 0 Å². The van der Waals surface area contributed by atoms with Gasteiger partial charge in [-0.05, 0) is 36.4 Å². The number of imidazole rings is 1. The Morgan fingerprint density at radius 2 is 1.89 bits per heavy atom. The molecule has 0 atom stereocenters. The lowest BCUT2D eigenvalue weighted by Crippen LogP contribution is -2.25. The summed E-state index contributed by atoms with van der Waals surface area (Å²) in [7, 11) is -1.71. The fourth-order valence-corrected chi connectivity index (χ4v) is 3.65. The van der Waals surface area contributed by atoms with Crippen LogP contribution in [0.3, 0.4) is 0 Å². The van der Waals surface area contributed by atoms with Gasteiger partial charge in [-0.25, -0.2) is 18.1 Å². The molecule has 1 heterocycles. The molecule has 0 aliphatic heterocycles. The third kappa shape index (κ3) is 4.07. The summed E-state index contributed by atoms with van der Waals surface area (Å²) in [6.07, 6.45) is 1.46. The first-order valence-corrected chi connectivity index (χ1v) is 9.80. The lowest BCUT2D eigenvalue weighted by molar-refractivity contribution is 0.0949. The second-order valence-corrected chi connectivity index (χ2v) is 7.69. The number of carbonyl (C=O) groups excluding carboxylic acids is 1. The predicted octanol–water partition coefficient (Wildman–Crippen LogP) is 1.97. The van der Waals surface area contributed by atoms with Crippen molar-refractivity contribution in [3.63, 3.8) is 0 Å². The van der Waals surface area contributed by atoms with Gasteiger partial charge in [0.2, 0.25) is 10.0 Å². The summed E-state index contributed by atoms with van der Waals surface area (Å²) in [6, 6.07) is 13.5. The van der Waals surface area contributed by atoms with E-state index in [1.54, 1.807) is 0 Å². The standard InChI is InChI=1S/C19H20N4O3S/c1-3-12-21-27(25,26)15-10-8-14(9-11-15)19(24)20-13-18-22-16-6-4-5-7-17(16)23(18)2/h3-11,21H,1,12-13H2,2H3,(H,20,24). The van der Waals surface area contributed by atoms with E-state index in [1.807, 2.05) is 35.9 Å². The second-order valence-electron chi connectivity index (χ2n) is 5.92. The molecule has 1 aromatic heterocycles. The van der Waals surface area contributed by atoms with Gasteiger partial charge in [-0.3, -0.25) is 4.79 Å². The van der Waals surface area contributed by atoms with E-state index in [-0.39, 0.29) is 23.9 Å². The summed E-state index contributed by atoms with van der Waals surface area (Å²) in [5.74, 6) is 0.433. The van der Waals surface area contributed by atoms with E-state index in [9.17, 15) is 13.2 Å². The molecular formula is C19H20N4O3S. The zero-order valence-corrected chi connectivity index (χ0v) is 15.7. The molecule has 8 heteroatoms. The number of amides is 1. The van der Waals surface area contributed by atoms with Gasteiger partial charge in [-0.15, -0.1) is 6.58 Å². The first-order chi connectivity index (χ1) is 12.9. The molecule has 0 spiro atoms. The van der Waals surface area contributed by atoms with Gasteiger partial charge in [0.15, 0.2) is 0 Å². The molecule has 140 valence electrons. The van der Waals surface area contributed by atoms with Gasteiger partial charge in [0, 0.05) is 19.2 Å². The number of aromatic nitrogens is 2. The molecule has 7 nitrogen and oxygen atoms in total. The topological polar surface area (TPSA) is 93.1 Å². The van der Waals surface area contributed by atoms with Gasteiger partial charge in [0.1, 0.15) is 5.82 Å². The Bertz CT molecular complexity index is 1090. The van der Waals surface area contributed by atoms with Crippen molar-refractivity contribution in [3.8, 4) is 0 Å². The number of benzene rings is 2. The van der Waals surface area contributed by atoms with E-state index in [0.29, 0.717) is 5.56 Å². The number of aryl methyl sites for hydroxylation is 1. The van der Waals surface area contributed by atoms with Gasteiger partial charge in [-0.1, -0.05) is 18.2 Å². The molecule has 0 aliphatic rings. The van der Waals surface area contributed by atoms with Crippen molar-refractivity contribution in [1.29, 1.82) is 0 Å². The quantitative estimate of drug-likeness (QED) is 0.609. The van der Waals surface area contributed by atoms with E-state index in [2.05, 4.69) is 21.6 Å². The highest BCUT2D eigenvalue weighted by molar-refractivity contribution is 7.89. The zero-order chi connectivity index (χ0) is 19.4. The third-order valence-electron chi connectivity index (χ3n) is 4.13. The largest absolute Gasteiger partial charge is 0.345 e. The lowest BCUT2D eigenvalue weighted by Gasteiger charge is -2.07. The van der Waals surface area contributed by atoms with Crippen LogP contribution in [0, 0.1) is 0 Å². The summed E-state index contributed by atoms with van der Waals surface area (Å²) in [6.45, 7) is 3.88. The van der Waals surface area contributed by atoms with Crippen molar-refractivity contribution in [2.75, 3.05) is 6.54 Å². The van der Waals surface area contributed by atoms with Crippen LogP contribution in [0.25, 0.3) is 11.0 Å². The molecular weight excluding hydrogens is 364 g/mol. The third-order valence-corrected chi connectivity index (χ3v) is 5.57. The van der Waals surface area contributed by atoms with Gasteiger partial charge in [0.25, 0.3) is 5.91 Å². The van der Waals surface area contributed by atoms with Crippen LogP contribution in [-0.4, -0.2) is 30.4 Å². The van der Waals surface area contributed by atoms with E-state index >= 15 is 0 Å². The minimum Gasteiger partial charge on any atom is -0.345 e. The minimum atomic E-state index is -3.61. The van der Waals surface area contributed by atoms with Gasteiger partial charge < -0.3 is 9.88 Å². The molecule has 0 unspecified atom stereocenters. The molecule has 0 saturated carbocycles. The molecule has 3 rings (SSSR count). The molecule has 0 fully saturated rings. The Balaban J connectivity index is 1.69. The lowest BCUT2D eigenvalue weighted by atomic mass is 10.2. The highest BCUT2D eigenvalue weighted by atomic mass is 32.2. The molecule has 0 aliphatic carbocycles. The van der Waals surface area contributed by atoms with Crippen molar-refractivity contribution in [2.24, 2.45) is 7.05 Å². The summed E-state index contributed by atoms with van der Waals surface area (Å²) in [4.78, 5) is 17.0.